The molecular formula is C19H17Cl2NS. The fourth-order valence-electron chi connectivity index (χ4n) is 2.88. The Balaban J connectivity index is 2.24. The zero-order valence-corrected chi connectivity index (χ0v) is 15.3. The second-order valence-corrected chi connectivity index (χ2v) is 7.52. The summed E-state index contributed by atoms with van der Waals surface area (Å²) in [4.78, 5) is 5.98. The second-order valence-electron chi connectivity index (χ2n) is 6.12. The molecule has 2 aromatic carbocycles. The second kappa shape index (κ2) is 6.72. The molecule has 0 fully saturated rings. The summed E-state index contributed by atoms with van der Waals surface area (Å²) in [5, 5.41) is 1.40. The maximum Gasteiger partial charge on any atom is 0.0845 e. The van der Waals surface area contributed by atoms with Crippen molar-refractivity contribution in [2.75, 3.05) is 0 Å². The fourth-order valence-corrected chi connectivity index (χ4v) is 3.73. The fraction of sp³-hybridized carbons (Fsp3) is 0.263. The van der Waals surface area contributed by atoms with Crippen molar-refractivity contribution in [3.8, 4) is 0 Å². The first-order valence-corrected chi connectivity index (χ1v) is 8.77. The van der Waals surface area contributed by atoms with Gasteiger partial charge in [0.15, 0.2) is 0 Å². The Labute approximate surface area is 152 Å². The number of aliphatic imine (C=N–C) groups is 1. The van der Waals surface area contributed by atoms with Crippen LogP contribution < -0.4 is 0 Å². The number of hydrogen-bond donors (Lipinski definition) is 0. The van der Waals surface area contributed by atoms with Gasteiger partial charge in [0.05, 0.1) is 11.8 Å². The van der Waals surface area contributed by atoms with Gasteiger partial charge in [-0.05, 0) is 35.7 Å². The van der Waals surface area contributed by atoms with E-state index in [0.717, 1.165) is 28.1 Å². The predicted octanol–water partition coefficient (Wildman–Crippen LogP) is 5.78. The van der Waals surface area contributed by atoms with Gasteiger partial charge in [-0.15, -0.1) is 0 Å². The van der Waals surface area contributed by atoms with E-state index in [1.807, 2.05) is 42.5 Å². The largest absolute Gasteiger partial charge is 0.275 e. The van der Waals surface area contributed by atoms with Crippen molar-refractivity contribution in [1.29, 1.82) is 0 Å². The summed E-state index contributed by atoms with van der Waals surface area (Å²) in [6, 6.07) is 13.7. The van der Waals surface area contributed by atoms with Crippen LogP contribution in [0.3, 0.4) is 0 Å². The highest BCUT2D eigenvalue weighted by atomic mass is 35.5. The van der Waals surface area contributed by atoms with E-state index in [9.17, 15) is 0 Å². The minimum atomic E-state index is 0.0187. The molecule has 3 rings (SSSR count). The number of fused-ring (bicyclic) bond motifs is 1. The Morgan fingerprint density at radius 3 is 2.52 bits per heavy atom. The lowest BCUT2D eigenvalue weighted by Gasteiger charge is -2.17. The molecule has 0 bridgehead atoms. The molecule has 0 spiro atoms. The van der Waals surface area contributed by atoms with Gasteiger partial charge in [-0.2, -0.15) is 0 Å². The highest BCUT2D eigenvalue weighted by Gasteiger charge is 2.25. The predicted molar refractivity (Wildman–Crippen MR) is 103 cm³/mol. The first-order valence-electron chi connectivity index (χ1n) is 7.61. The molecule has 118 valence electrons. The summed E-state index contributed by atoms with van der Waals surface area (Å²) in [6.45, 7) is 4.30. The van der Waals surface area contributed by atoms with Crippen molar-refractivity contribution in [3.63, 3.8) is 0 Å². The lowest BCUT2D eigenvalue weighted by Crippen LogP contribution is -2.24. The zero-order chi connectivity index (χ0) is 16.6. The molecule has 0 aromatic heterocycles. The summed E-state index contributed by atoms with van der Waals surface area (Å²) >= 11 is 18.1. The van der Waals surface area contributed by atoms with E-state index in [1.165, 1.54) is 5.56 Å². The van der Waals surface area contributed by atoms with Gasteiger partial charge in [0.1, 0.15) is 0 Å². The number of halogens is 2. The molecule has 4 heteroatoms. The molecule has 1 atom stereocenters. The van der Waals surface area contributed by atoms with E-state index in [2.05, 4.69) is 13.8 Å². The molecule has 1 heterocycles. The van der Waals surface area contributed by atoms with Crippen LogP contribution in [0.4, 0.5) is 0 Å². The molecule has 2 aromatic rings. The lowest BCUT2D eigenvalue weighted by atomic mass is 9.95. The number of thiocarbonyl (C=S) groups is 1. The van der Waals surface area contributed by atoms with Crippen molar-refractivity contribution in [1.82, 2.24) is 0 Å². The van der Waals surface area contributed by atoms with Crippen molar-refractivity contribution in [2.24, 2.45) is 10.9 Å². The number of benzene rings is 2. The zero-order valence-electron chi connectivity index (χ0n) is 13.0. The highest BCUT2D eigenvalue weighted by Crippen LogP contribution is 2.28. The van der Waals surface area contributed by atoms with Crippen LogP contribution in [0.5, 0.6) is 0 Å². The Hall–Kier alpha value is -1.22. The van der Waals surface area contributed by atoms with Crippen molar-refractivity contribution in [2.45, 2.75) is 26.3 Å². The minimum absolute atomic E-state index is 0.0187. The number of nitrogens with zero attached hydrogens (tertiary/aromatic N) is 1. The average molecular weight is 362 g/mol. The Kier molecular flexibility index (Phi) is 4.86. The molecule has 1 aliphatic rings. The third-order valence-corrected chi connectivity index (χ3v) is 4.88. The smallest absolute Gasteiger partial charge is 0.0845 e. The van der Waals surface area contributed by atoms with Crippen molar-refractivity contribution < 1.29 is 0 Å². The maximum absolute atomic E-state index is 6.24. The molecule has 0 radical (unpaired) electrons. The van der Waals surface area contributed by atoms with Crippen LogP contribution >= 0.6 is 35.4 Å². The molecule has 1 nitrogen and oxygen atoms in total. The van der Waals surface area contributed by atoms with Crippen molar-refractivity contribution >= 4 is 46.0 Å². The van der Waals surface area contributed by atoms with Crippen LogP contribution in [-0.2, 0) is 6.42 Å². The summed E-state index contributed by atoms with van der Waals surface area (Å²) in [5.74, 6) is 0.349. The molecule has 0 saturated heterocycles. The van der Waals surface area contributed by atoms with Crippen LogP contribution in [0.25, 0.3) is 0 Å². The van der Waals surface area contributed by atoms with E-state index in [-0.39, 0.29) is 6.04 Å². The third-order valence-electron chi connectivity index (χ3n) is 4.02. The Morgan fingerprint density at radius 1 is 1.09 bits per heavy atom. The number of rotatable bonds is 2. The molecule has 0 amide bonds. The molecule has 0 saturated carbocycles. The Bertz CT molecular complexity index is 796. The summed E-state index contributed by atoms with van der Waals surface area (Å²) in [5.41, 5.74) is 4.13. The van der Waals surface area contributed by atoms with Gasteiger partial charge in [-0.3, -0.25) is 4.99 Å². The van der Waals surface area contributed by atoms with Crippen LogP contribution in [0.1, 0.15) is 30.5 Å². The normalized spacial score (nSPS) is 17.7. The van der Waals surface area contributed by atoms with Crippen molar-refractivity contribution in [3.05, 3.63) is 69.2 Å². The monoisotopic (exact) mass is 361 g/mol. The Morgan fingerprint density at radius 2 is 1.83 bits per heavy atom. The van der Waals surface area contributed by atoms with Gasteiger partial charge in [0.25, 0.3) is 0 Å². The standard InChI is InChI=1S/C19H17Cl2NS/c1-11(2)18-17(23)9-12-6-7-15(21)10-16(12)19(22-18)13-4-3-5-14(20)8-13/h3-8,10-11,18H,9H2,1-2H3/t18-/m0/s1. The molecule has 0 N–H and O–H groups in total. The quantitative estimate of drug-likeness (QED) is 0.617. The average Bonchev–Trinajstić information content (AvgIpc) is 2.63. The summed E-state index contributed by atoms with van der Waals surface area (Å²) in [6.07, 6.45) is 0.748. The van der Waals surface area contributed by atoms with Gasteiger partial charge in [0, 0.05) is 32.5 Å². The number of hydrogen-bond acceptors (Lipinski definition) is 2. The van der Waals surface area contributed by atoms with Gasteiger partial charge in [-0.25, -0.2) is 0 Å². The molecular weight excluding hydrogens is 345 g/mol. The van der Waals surface area contributed by atoms with Crippen LogP contribution in [0.15, 0.2) is 47.5 Å². The molecule has 23 heavy (non-hydrogen) atoms. The minimum Gasteiger partial charge on any atom is -0.275 e. The van der Waals surface area contributed by atoms with E-state index in [1.54, 1.807) is 0 Å². The highest BCUT2D eigenvalue weighted by molar-refractivity contribution is 7.80. The molecule has 1 aliphatic heterocycles. The first-order chi connectivity index (χ1) is 11.0. The SMILES string of the molecule is CC(C)[C@@H]1N=C(c2cccc(Cl)c2)c2cc(Cl)ccc2CC1=S. The van der Waals surface area contributed by atoms with Crippen LogP contribution in [-0.4, -0.2) is 16.6 Å². The lowest BCUT2D eigenvalue weighted by molar-refractivity contribution is 0.599. The maximum atomic E-state index is 6.24. The van der Waals surface area contributed by atoms with E-state index in [0.29, 0.717) is 16.0 Å². The third kappa shape index (κ3) is 3.50. The first kappa shape index (κ1) is 16.6. The molecule has 0 unspecified atom stereocenters. The van der Waals surface area contributed by atoms with Gasteiger partial charge in [-0.1, -0.05) is 67.5 Å². The van der Waals surface area contributed by atoms with Gasteiger partial charge >= 0.3 is 0 Å². The van der Waals surface area contributed by atoms with E-state index in [4.69, 9.17) is 40.4 Å². The molecule has 0 aliphatic carbocycles. The van der Waals surface area contributed by atoms with Gasteiger partial charge in [0.2, 0.25) is 0 Å². The van der Waals surface area contributed by atoms with Gasteiger partial charge < -0.3 is 0 Å². The van der Waals surface area contributed by atoms with E-state index >= 15 is 0 Å². The summed E-state index contributed by atoms with van der Waals surface area (Å²) in [7, 11) is 0. The van der Waals surface area contributed by atoms with Crippen LogP contribution in [0.2, 0.25) is 10.0 Å². The topological polar surface area (TPSA) is 12.4 Å². The van der Waals surface area contributed by atoms with Crippen LogP contribution in [0, 0.1) is 5.92 Å². The van der Waals surface area contributed by atoms with E-state index < -0.39 is 0 Å². The summed E-state index contributed by atoms with van der Waals surface area (Å²) < 4.78 is 0.